The Morgan fingerprint density at radius 2 is 1.82 bits per heavy atom. The molecule has 2 N–H and O–H groups in total. The lowest BCUT2D eigenvalue weighted by Crippen LogP contribution is -2.31. The standard InChI is InChI=1S/C23H25N5O5/c1-13-19(22(29)27-16-11-14(30-2)9-10-17(16)31-3)20(28-23(26-13)24-12-25-28)15-7-6-8-18(32-4)21(15)33-5/h6-12,20H,1-5H3,(H,27,29)(H,24,25,26)/t20-/m0/s1. The van der Waals surface area contributed by atoms with Crippen molar-refractivity contribution in [3.8, 4) is 23.0 Å². The third-order valence-corrected chi connectivity index (χ3v) is 5.42. The number of hydrogen-bond acceptors (Lipinski definition) is 8. The quantitative estimate of drug-likeness (QED) is 0.564. The highest BCUT2D eigenvalue weighted by molar-refractivity contribution is 6.07. The lowest BCUT2D eigenvalue weighted by Gasteiger charge is -2.30. The van der Waals surface area contributed by atoms with Gasteiger partial charge in [0.2, 0.25) is 5.95 Å². The van der Waals surface area contributed by atoms with Gasteiger partial charge in [0, 0.05) is 17.3 Å². The second kappa shape index (κ2) is 9.11. The predicted molar refractivity (Wildman–Crippen MR) is 122 cm³/mol. The van der Waals surface area contributed by atoms with E-state index >= 15 is 0 Å². The van der Waals surface area contributed by atoms with Gasteiger partial charge in [-0.15, -0.1) is 0 Å². The molecule has 3 aromatic rings. The molecule has 0 radical (unpaired) electrons. The van der Waals surface area contributed by atoms with Crippen molar-refractivity contribution in [2.24, 2.45) is 0 Å². The first-order valence-corrected chi connectivity index (χ1v) is 10.1. The molecule has 0 aliphatic carbocycles. The number of hydrogen-bond donors (Lipinski definition) is 2. The molecule has 172 valence electrons. The number of para-hydroxylation sites is 1. The Balaban J connectivity index is 1.82. The molecule has 1 amide bonds. The number of methoxy groups -OCH3 is 4. The number of benzene rings is 2. The molecule has 33 heavy (non-hydrogen) atoms. The molecule has 4 rings (SSSR count). The Bertz CT molecular complexity index is 1220. The largest absolute Gasteiger partial charge is 0.497 e. The van der Waals surface area contributed by atoms with Gasteiger partial charge in [0.05, 0.1) is 39.7 Å². The number of carbonyl (C=O) groups is 1. The first kappa shape index (κ1) is 22.0. The number of ether oxygens (including phenoxy) is 4. The third-order valence-electron chi connectivity index (χ3n) is 5.42. The van der Waals surface area contributed by atoms with Crippen LogP contribution in [0.1, 0.15) is 18.5 Å². The molecule has 1 aliphatic rings. The number of anilines is 2. The summed E-state index contributed by atoms with van der Waals surface area (Å²) in [6, 6.07) is 10.1. The van der Waals surface area contributed by atoms with Crippen molar-refractivity contribution in [3.05, 3.63) is 59.6 Å². The molecular weight excluding hydrogens is 426 g/mol. The van der Waals surface area contributed by atoms with Gasteiger partial charge in [-0.25, -0.2) is 4.68 Å². The Kier molecular flexibility index (Phi) is 6.07. The highest BCUT2D eigenvalue weighted by Gasteiger charge is 2.36. The van der Waals surface area contributed by atoms with Crippen LogP contribution in [-0.4, -0.2) is 49.1 Å². The lowest BCUT2D eigenvalue weighted by molar-refractivity contribution is -0.113. The summed E-state index contributed by atoms with van der Waals surface area (Å²) in [5, 5.41) is 10.5. The minimum absolute atomic E-state index is 0.345. The molecule has 0 saturated carbocycles. The number of nitrogens with one attached hydrogen (secondary N) is 2. The summed E-state index contributed by atoms with van der Waals surface area (Å²) in [4.78, 5) is 18.0. The summed E-state index contributed by atoms with van der Waals surface area (Å²) in [5.41, 5.74) is 2.24. The van der Waals surface area contributed by atoms with Gasteiger partial charge in [0.1, 0.15) is 23.9 Å². The van der Waals surface area contributed by atoms with E-state index < -0.39 is 6.04 Å². The maximum atomic E-state index is 13.7. The summed E-state index contributed by atoms with van der Waals surface area (Å²) < 4.78 is 23.5. The summed E-state index contributed by atoms with van der Waals surface area (Å²) in [6.07, 6.45) is 1.43. The molecule has 0 spiro atoms. The van der Waals surface area contributed by atoms with E-state index in [1.165, 1.54) is 13.4 Å². The highest BCUT2D eigenvalue weighted by atomic mass is 16.5. The number of carbonyl (C=O) groups excluding carboxylic acids is 1. The summed E-state index contributed by atoms with van der Waals surface area (Å²) in [7, 11) is 6.22. The van der Waals surface area contributed by atoms with E-state index in [9.17, 15) is 4.79 Å². The second-order valence-corrected chi connectivity index (χ2v) is 7.20. The van der Waals surface area contributed by atoms with Gasteiger partial charge in [0.25, 0.3) is 5.91 Å². The fraction of sp³-hybridized carbons (Fsp3) is 0.261. The fourth-order valence-electron chi connectivity index (χ4n) is 3.90. The minimum atomic E-state index is -0.620. The zero-order valence-electron chi connectivity index (χ0n) is 19.0. The van der Waals surface area contributed by atoms with Crippen LogP contribution in [0, 0.1) is 0 Å². The van der Waals surface area contributed by atoms with Crippen LogP contribution >= 0.6 is 0 Å². The first-order valence-electron chi connectivity index (χ1n) is 10.1. The molecule has 10 heteroatoms. The highest BCUT2D eigenvalue weighted by Crippen LogP contribution is 2.43. The van der Waals surface area contributed by atoms with Crippen LogP contribution in [0.3, 0.4) is 0 Å². The maximum absolute atomic E-state index is 13.7. The van der Waals surface area contributed by atoms with Gasteiger partial charge in [-0.1, -0.05) is 12.1 Å². The van der Waals surface area contributed by atoms with Crippen molar-refractivity contribution in [1.82, 2.24) is 14.8 Å². The molecule has 0 bridgehead atoms. The number of aromatic nitrogens is 3. The zero-order chi connectivity index (χ0) is 23.5. The lowest BCUT2D eigenvalue weighted by atomic mass is 9.94. The van der Waals surface area contributed by atoms with Crippen LogP contribution in [0.4, 0.5) is 11.6 Å². The Hall–Kier alpha value is -4.21. The average molecular weight is 451 g/mol. The molecular formula is C23H25N5O5. The third kappa shape index (κ3) is 3.91. The van der Waals surface area contributed by atoms with Gasteiger partial charge in [-0.05, 0) is 25.1 Å². The van der Waals surface area contributed by atoms with E-state index in [1.54, 1.807) is 50.3 Å². The number of fused-ring (bicyclic) bond motifs is 1. The van der Waals surface area contributed by atoms with Crippen molar-refractivity contribution < 1.29 is 23.7 Å². The van der Waals surface area contributed by atoms with Crippen molar-refractivity contribution >= 4 is 17.5 Å². The molecule has 2 heterocycles. The Morgan fingerprint density at radius 3 is 2.52 bits per heavy atom. The molecule has 10 nitrogen and oxygen atoms in total. The van der Waals surface area contributed by atoms with Crippen LogP contribution < -0.4 is 29.6 Å². The number of amides is 1. The fourth-order valence-corrected chi connectivity index (χ4v) is 3.90. The number of allylic oxidation sites excluding steroid dienone is 1. The van der Waals surface area contributed by atoms with Crippen molar-refractivity contribution in [1.29, 1.82) is 0 Å². The molecule has 0 fully saturated rings. The van der Waals surface area contributed by atoms with Gasteiger partial charge in [-0.2, -0.15) is 10.1 Å². The van der Waals surface area contributed by atoms with Gasteiger partial charge < -0.3 is 29.6 Å². The van der Waals surface area contributed by atoms with E-state index in [1.807, 2.05) is 19.1 Å². The Labute approximate surface area is 191 Å². The van der Waals surface area contributed by atoms with Crippen LogP contribution in [0.5, 0.6) is 23.0 Å². The SMILES string of the molecule is COc1ccc(OC)c(NC(=O)C2=C(C)Nc3ncnn3[C@H]2c2cccc(OC)c2OC)c1. The van der Waals surface area contributed by atoms with Crippen LogP contribution in [0.25, 0.3) is 0 Å². The zero-order valence-corrected chi connectivity index (χ0v) is 19.0. The van der Waals surface area contributed by atoms with Gasteiger partial charge in [-0.3, -0.25) is 4.79 Å². The van der Waals surface area contributed by atoms with Crippen LogP contribution in [0.15, 0.2) is 54.0 Å². The van der Waals surface area contributed by atoms with E-state index in [0.717, 1.165) is 0 Å². The van der Waals surface area contributed by atoms with E-state index in [-0.39, 0.29) is 5.91 Å². The van der Waals surface area contributed by atoms with E-state index in [4.69, 9.17) is 18.9 Å². The normalized spacial score (nSPS) is 14.8. The minimum Gasteiger partial charge on any atom is -0.497 e. The first-order chi connectivity index (χ1) is 16.0. The Morgan fingerprint density at radius 1 is 1.03 bits per heavy atom. The van der Waals surface area contributed by atoms with Crippen molar-refractivity contribution in [2.75, 3.05) is 39.1 Å². The molecule has 2 aromatic carbocycles. The molecule has 1 atom stereocenters. The predicted octanol–water partition coefficient (Wildman–Crippen LogP) is 3.24. The smallest absolute Gasteiger partial charge is 0.255 e. The van der Waals surface area contributed by atoms with Gasteiger partial charge in [0.15, 0.2) is 11.5 Å². The summed E-state index contributed by atoms with van der Waals surface area (Å²) in [6.45, 7) is 1.82. The van der Waals surface area contributed by atoms with E-state index in [0.29, 0.717) is 51.5 Å². The van der Waals surface area contributed by atoms with Crippen molar-refractivity contribution in [3.63, 3.8) is 0 Å². The summed E-state index contributed by atoms with van der Waals surface area (Å²) >= 11 is 0. The molecule has 0 saturated heterocycles. The second-order valence-electron chi connectivity index (χ2n) is 7.20. The maximum Gasteiger partial charge on any atom is 0.255 e. The van der Waals surface area contributed by atoms with Gasteiger partial charge >= 0.3 is 0 Å². The molecule has 1 aromatic heterocycles. The number of nitrogens with zero attached hydrogens (tertiary/aromatic N) is 3. The van der Waals surface area contributed by atoms with E-state index in [2.05, 4.69) is 20.7 Å². The monoisotopic (exact) mass is 451 g/mol. The number of rotatable bonds is 7. The topological polar surface area (TPSA) is 109 Å². The summed E-state index contributed by atoms with van der Waals surface area (Å²) in [5.74, 6) is 2.30. The van der Waals surface area contributed by atoms with Crippen LogP contribution in [0.2, 0.25) is 0 Å². The average Bonchev–Trinajstić information content (AvgIpc) is 3.30. The van der Waals surface area contributed by atoms with Crippen molar-refractivity contribution in [2.45, 2.75) is 13.0 Å². The molecule has 0 unspecified atom stereocenters. The van der Waals surface area contributed by atoms with Crippen LogP contribution in [-0.2, 0) is 4.79 Å². The molecule has 1 aliphatic heterocycles.